The van der Waals surface area contributed by atoms with Crippen LogP contribution in [0.4, 0.5) is 0 Å². The highest BCUT2D eigenvalue weighted by Gasteiger charge is 2.45. The molecule has 0 aromatic heterocycles. The number of aliphatic hydroxyl groups is 1. The number of hydrogen-bond donors (Lipinski definition) is 2. The van der Waals surface area contributed by atoms with Crippen LogP contribution in [0.2, 0.25) is 0 Å². The molecule has 5 atom stereocenters. The molecule has 0 spiro atoms. The summed E-state index contributed by atoms with van der Waals surface area (Å²) in [7, 11) is -7.24. The summed E-state index contributed by atoms with van der Waals surface area (Å²) in [6.45, 7) is 0.330. The molecule has 114 valence electrons. The molecule has 0 aromatic carbocycles. The van der Waals surface area contributed by atoms with Crippen molar-refractivity contribution in [3.8, 4) is 0 Å². The predicted molar refractivity (Wildman–Crippen MR) is 74.2 cm³/mol. The van der Waals surface area contributed by atoms with Crippen LogP contribution < -0.4 is 4.72 Å². The maximum Gasteiger partial charge on any atom is 0.218 e. The Morgan fingerprint density at radius 2 is 1.95 bits per heavy atom. The molecule has 2 aliphatic carbocycles. The van der Waals surface area contributed by atoms with Crippen LogP contribution in [0.3, 0.4) is 0 Å². The molecule has 6 nitrogen and oxygen atoms in total. The molecule has 1 heterocycles. The molecular formula is C12H19NO5S2. The SMILES string of the molecule is O=S1(=O)C[C@H](O)[C@@H](S(=O)(=O)NCC2CC3C=CC2C3)C1. The molecule has 1 saturated heterocycles. The molecule has 3 rings (SSSR count). The maximum atomic E-state index is 12.1. The second kappa shape index (κ2) is 4.79. The second-order valence-electron chi connectivity index (χ2n) is 6.12. The van der Waals surface area contributed by atoms with Crippen molar-refractivity contribution < 1.29 is 21.9 Å². The van der Waals surface area contributed by atoms with E-state index in [1.54, 1.807) is 0 Å². The first-order chi connectivity index (χ1) is 9.27. The smallest absolute Gasteiger partial charge is 0.218 e. The van der Waals surface area contributed by atoms with Gasteiger partial charge in [0, 0.05) is 6.54 Å². The highest BCUT2D eigenvalue weighted by Crippen LogP contribution is 2.43. The molecule has 2 fully saturated rings. The monoisotopic (exact) mass is 321 g/mol. The topological polar surface area (TPSA) is 101 Å². The van der Waals surface area contributed by atoms with E-state index >= 15 is 0 Å². The predicted octanol–water partition coefficient (Wildman–Crippen LogP) is -0.724. The number of nitrogens with one attached hydrogen (secondary N) is 1. The zero-order valence-corrected chi connectivity index (χ0v) is 12.6. The number of aliphatic hydroxyl groups excluding tert-OH is 1. The first-order valence-electron chi connectivity index (χ1n) is 6.82. The van der Waals surface area contributed by atoms with Crippen LogP contribution in [-0.2, 0) is 19.9 Å². The van der Waals surface area contributed by atoms with Gasteiger partial charge in [0.1, 0.15) is 5.25 Å². The summed E-state index contributed by atoms with van der Waals surface area (Å²) in [5.74, 6) is 0.331. The third kappa shape index (κ3) is 2.66. The Balaban J connectivity index is 1.63. The summed E-state index contributed by atoms with van der Waals surface area (Å²) in [5, 5.41) is 8.41. The van der Waals surface area contributed by atoms with Gasteiger partial charge in [0.2, 0.25) is 10.0 Å². The lowest BCUT2D eigenvalue weighted by molar-refractivity contribution is 0.203. The van der Waals surface area contributed by atoms with Gasteiger partial charge in [-0.1, -0.05) is 12.2 Å². The maximum absolute atomic E-state index is 12.1. The van der Waals surface area contributed by atoms with E-state index in [9.17, 15) is 21.9 Å². The van der Waals surface area contributed by atoms with Crippen molar-refractivity contribution >= 4 is 19.9 Å². The van der Waals surface area contributed by atoms with E-state index in [0.717, 1.165) is 12.8 Å². The molecule has 0 radical (unpaired) electrons. The van der Waals surface area contributed by atoms with Crippen molar-refractivity contribution in [1.82, 2.24) is 4.72 Å². The lowest BCUT2D eigenvalue weighted by Gasteiger charge is -2.21. The van der Waals surface area contributed by atoms with E-state index < -0.39 is 42.7 Å². The normalized spacial score (nSPS) is 42.4. The van der Waals surface area contributed by atoms with E-state index in [1.165, 1.54) is 0 Å². The molecule has 8 heteroatoms. The standard InChI is InChI=1S/C12H19NO5S2/c14-11-6-19(15,16)7-12(11)20(17,18)13-5-10-4-8-1-2-9(10)3-8/h1-2,8-14H,3-7H2/t8?,9?,10?,11-,12-/m0/s1. The summed E-state index contributed by atoms with van der Waals surface area (Å²) in [5.41, 5.74) is 0. The van der Waals surface area contributed by atoms with Crippen molar-refractivity contribution in [3.05, 3.63) is 12.2 Å². The van der Waals surface area contributed by atoms with Gasteiger partial charge in [-0.2, -0.15) is 0 Å². The minimum Gasteiger partial charge on any atom is -0.391 e. The fourth-order valence-corrected chi connectivity index (χ4v) is 7.79. The average molecular weight is 321 g/mol. The molecule has 3 aliphatic rings. The van der Waals surface area contributed by atoms with Gasteiger partial charge in [-0.3, -0.25) is 0 Å². The number of fused-ring (bicyclic) bond motifs is 2. The lowest BCUT2D eigenvalue weighted by Crippen LogP contribution is -2.43. The molecular weight excluding hydrogens is 302 g/mol. The highest BCUT2D eigenvalue weighted by atomic mass is 32.2. The van der Waals surface area contributed by atoms with Crippen LogP contribution in [0, 0.1) is 17.8 Å². The number of sulfonamides is 1. The minimum absolute atomic E-state index is 0.287. The summed E-state index contributed by atoms with van der Waals surface area (Å²) < 4.78 is 49.6. The Morgan fingerprint density at radius 1 is 1.20 bits per heavy atom. The Hall–Kier alpha value is -0.440. The Kier molecular flexibility index (Phi) is 3.47. The van der Waals surface area contributed by atoms with Gasteiger partial charge in [-0.05, 0) is 30.6 Å². The third-order valence-corrected chi connectivity index (χ3v) is 8.41. The highest BCUT2D eigenvalue weighted by molar-refractivity contribution is 7.95. The molecule has 1 saturated carbocycles. The average Bonchev–Trinajstić information content (AvgIpc) is 3.00. The van der Waals surface area contributed by atoms with Gasteiger partial charge in [0.25, 0.3) is 0 Å². The summed E-state index contributed by atoms with van der Waals surface area (Å²) >= 11 is 0. The van der Waals surface area contributed by atoms with Gasteiger partial charge in [-0.25, -0.2) is 21.6 Å². The van der Waals surface area contributed by atoms with Crippen LogP contribution in [0.1, 0.15) is 12.8 Å². The Morgan fingerprint density at radius 3 is 2.45 bits per heavy atom. The van der Waals surface area contributed by atoms with E-state index in [1.807, 2.05) is 0 Å². The van der Waals surface area contributed by atoms with Crippen LogP contribution in [0.5, 0.6) is 0 Å². The van der Waals surface area contributed by atoms with Crippen molar-refractivity contribution in [1.29, 1.82) is 0 Å². The Labute approximate surface area is 119 Å². The van der Waals surface area contributed by atoms with Crippen LogP contribution in [0.15, 0.2) is 12.2 Å². The van der Waals surface area contributed by atoms with Crippen molar-refractivity contribution in [3.63, 3.8) is 0 Å². The third-order valence-electron chi connectivity index (χ3n) is 4.63. The van der Waals surface area contributed by atoms with Gasteiger partial charge in [0.15, 0.2) is 9.84 Å². The quantitative estimate of drug-likeness (QED) is 0.665. The van der Waals surface area contributed by atoms with Gasteiger partial charge >= 0.3 is 0 Å². The zero-order chi connectivity index (χ0) is 14.5. The second-order valence-corrected chi connectivity index (χ2v) is 10.3. The van der Waals surface area contributed by atoms with Crippen molar-refractivity contribution in [2.24, 2.45) is 17.8 Å². The minimum atomic E-state index is -3.79. The van der Waals surface area contributed by atoms with Gasteiger partial charge in [-0.15, -0.1) is 0 Å². The number of allylic oxidation sites excluding steroid dienone is 2. The van der Waals surface area contributed by atoms with E-state index in [2.05, 4.69) is 16.9 Å². The zero-order valence-electron chi connectivity index (χ0n) is 11.0. The van der Waals surface area contributed by atoms with Crippen molar-refractivity contribution in [2.45, 2.75) is 24.2 Å². The van der Waals surface area contributed by atoms with E-state index in [0.29, 0.717) is 18.4 Å². The molecule has 0 aromatic rings. The van der Waals surface area contributed by atoms with Crippen molar-refractivity contribution in [2.75, 3.05) is 18.1 Å². The van der Waals surface area contributed by atoms with Crippen LogP contribution in [0.25, 0.3) is 0 Å². The lowest BCUT2D eigenvalue weighted by atomic mass is 9.94. The summed E-state index contributed by atoms with van der Waals surface area (Å²) in [6, 6.07) is 0. The van der Waals surface area contributed by atoms with Crippen LogP contribution >= 0.6 is 0 Å². The van der Waals surface area contributed by atoms with Gasteiger partial charge < -0.3 is 5.11 Å². The first-order valence-corrected chi connectivity index (χ1v) is 10.2. The van der Waals surface area contributed by atoms with Gasteiger partial charge in [0.05, 0.1) is 17.6 Å². The summed E-state index contributed by atoms with van der Waals surface area (Å²) in [6.07, 6.45) is 5.07. The van der Waals surface area contributed by atoms with E-state index in [4.69, 9.17) is 0 Å². The van der Waals surface area contributed by atoms with Crippen LogP contribution in [-0.4, -0.2) is 51.3 Å². The fourth-order valence-electron chi connectivity index (χ4n) is 3.55. The molecule has 2 N–H and O–H groups in total. The first kappa shape index (κ1) is 14.5. The Bertz CT molecular complexity index is 624. The number of rotatable bonds is 4. The molecule has 2 bridgehead atoms. The molecule has 20 heavy (non-hydrogen) atoms. The number of hydrogen-bond acceptors (Lipinski definition) is 5. The molecule has 1 aliphatic heterocycles. The van der Waals surface area contributed by atoms with E-state index in [-0.39, 0.29) is 5.92 Å². The molecule has 3 unspecified atom stereocenters. The summed E-state index contributed by atoms with van der Waals surface area (Å²) in [4.78, 5) is 0. The largest absolute Gasteiger partial charge is 0.391 e. The molecule has 0 amide bonds. The number of sulfone groups is 1. The fraction of sp³-hybridized carbons (Fsp3) is 0.833.